The lowest BCUT2D eigenvalue weighted by atomic mass is 10.1. The molecule has 0 heterocycles. The van der Waals surface area contributed by atoms with Crippen LogP contribution in [0.1, 0.15) is 24.0 Å². The van der Waals surface area contributed by atoms with E-state index in [-0.39, 0.29) is 24.4 Å². The number of benzene rings is 2. The molecule has 4 nitrogen and oxygen atoms in total. The van der Waals surface area contributed by atoms with Crippen molar-refractivity contribution in [3.63, 3.8) is 0 Å². The van der Waals surface area contributed by atoms with Crippen LogP contribution in [0.25, 0.3) is 0 Å². The molecule has 0 bridgehead atoms. The van der Waals surface area contributed by atoms with Gasteiger partial charge in [0.25, 0.3) is 0 Å². The molecule has 0 unspecified atom stereocenters. The zero-order chi connectivity index (χ0) is 16.7. The summed E-state index contributed by atoms with van der Waals surface area (Å²) in [6.45, 7) is 0. The fraction of sp³-hybridized carbons (Fsp3) is 0.222. The number of para-hydroxylation sites is 1. The SMILES string of the molecule is NC(=O)CCc1cccc(F)c1NC(=O)CCc1ccccc1. The summed E-state index contributed by atoms with van der Waals surface area (Å²) in [5, 5.41) is 2.61. The molecule has 2 rings (SSSR count). The first kappa shape index (κ1) is 16.7. The number of primary amides is 1. The molecule has 2 aromatic rings. The minimum atomic E-state index is -0.514. The Morgan fingerprint density at radius 3 is 2.39 bits per heavy atom. The number of hydrogen-bond acceptors (Lipinski definition) is 2. The van der Waals surface area contributed by atoms with Gasteiger partial charge >= 0.3 is 0 Å². The second-order valence-corrected chi connectivity index (χ2v) is 5.27. The van der Waals surface area contributed by atoms with Crippen LogP contribution < -0.4 is 11.1 Å². The van der Waals surface area contributed by atoms with Gasteiger partial charge in [-0.3, -0.25) is 9.59 Å². The lowest BCUT2D eigenvalue weighted by Gasteiger charge is -2.12. The molecule has 120 valence electrons. The standard InChI is InChI=1S/C18H19FN2O2/c19-15-8-4-7-14(10-11-16(20)22)18(15)21-17(23)12-9-13-5-2-1-3-6-13/h1-8H,9-12H2,(H2,20,22)(H,21,23). The van der Waals surface area contributed by atoms with Crippen molar-refractivity contribution in [1.29, 1.82) is 0 Å². The highest BCUT2D eigenvalue weighted by molar-refractivity contribution is 5.91. The van der Waals surface area contributed by atoms with Crippen LogP contribution in [-0.4, -0.2) is 11.8 Å². The van der Waals surface area contributed by atoms with E-state index in [9.17, 15) is 14.0 Å². The molecule has 0 saturated carbocycles. The minimum absolute atomic E-state index is 0.107. The van der Waals surface area contributed by atoms with Crippen LogP contribution in [0.2, 0.25) is 0 Å². The maximum absolute atomic E-state index is 14.0. The van der Waals surface area contributed by atoms with E-state index in [4.69, 9.17) is 5.73 Å². The number of carbonyl (C=O) groups excluding carboxylic acids is 2. The average Bonchev–Trinajstić information content (AvgIpc) is 2.54. The molecular weight excluding hydrogens is 295 g/mol. The molecule has 0 atom stereocenters. The number of anilines is 1. The second kappa shape index (κ2) is 8.08. The molecule has 0 fully saturated rings. The Kier molecular flexibility index (Phi) is 5.86. The fourth-order valence-corrected chi connectivity index (χ4v) is 2.28. The van der Waals surface area contributed by atoms with E-state index in [2.05, 4.69) is 5.32 Å². The van der Waals surface area contributed by atoms with Crippen LogP contribution in [0.3, 0.4) is 0 Å². The largest absolute Gasteiger partial charge is 0.370 e. The lowest BCUT2D eigenvalue weighted by molar-refractivity contribution is -0.118. The molecule has 23 heavy (non-hydrogen) atoms. The van der Waals surface area contributed by atoms with Crippen molar-refractivity contribution in [2.45, 2.75) is 25.7 Å². The summed E-state index contributed by atoms with van der Waals surface area (Å²) in [7, 11) is 0. The molecule has 0 radical (unpaired) electrons. The van der Waals surface area contributed by atoms with Crippen LogP contribution in [0, 0.1) is 5.82 Å². The highest BCUT2D eigenvalue weighted by Crippen LogP contribution is 2.21. The predicted octanol–water partition coefficient (Wildman–Crippen LogP) is 2.81. The van der Waals surface area contributed by atoms with Gasteiger partial charge in [0.15, 0.2) is 0 Å². The predicted molar refractivity (Wildman–Crippen MR) is 87.3 cm³/mol. The number of hydrogen-bond donors (Lipinski definition) is 2. The first-order valence-corrected chi connectivity index (χ1v) is 7.45. The van der Waals surface area contributed by atoms with E-state index in [1.165, 1.54) is 6.07 Å². The average molecular weight is 314 g/mol. The third-order valence-corrected chi connectivity index (χ3v) is 3.49. The van der Waals surface area contributed by atoms with E-state index in [1.807, 2.05) is 30.3 Å². The van der Waals surface area contributed by atoms with E-state index in [0.29, 0.717) is 18.4 Å². The molecule has 2 aromatic carbocycles. The second-order valence-electron chi connectivity index (χ2n) is 5.27. The maximum atomic E-state index is 14.0. The minimum Gasteiger partial charge on any atom is -0.370 e. The van der Waals surface area contributed by atoms with Gasteiger partial charge in [0.2, 0.25) is 11.8 Å². The summed E-state index contributed by atoms with van der Waals surface area (Å²) in [6.07, 6.45) is 1.24. The van der Waals surface area contributed by atoms with Crippen LogP contribution in [0.5, 0.6) is 0 Å². The van der Waals surface area contributed by atoms with Gasteiger partial charge in [0.05, 0.1) is 5.69 Å². The zero-order valence-corrected chi connectivity index (χ0v) is 12.7. The summed E-state index contributed by atoms with van der Waals surface area (Å²) in [6, 6.07) is 14.1. The van der Waals surface area contributed by atoms with Crippen molar-refractivity contribution in [2.75, 3.05) is 5.32 Å². The number of carbonyl (C=O) groups is 2. The van der Waals surface area contributed by atoms with E-state index in [0.717, 1.165) is 5.56 Å². The van der Waals surface area contributed by atoms with Crippen molar-refractivity contribution in [3.05, 3.63) is 65.5 Å². The lowest BCUT2D eigenvalue weighted by Crippen LogP contribution is -2.16. The number of nitrogens with one attached hydrogen (secondary N) is 1. The van der Waals surface area contributed by atoms with E-state index >= 15 is 0 Å². The molecule has 3 N–H and O–H groups in total. The van der Waals surface area contributed by atoms with Crippen LogP contribution in [0.4, 0.5) is 10.1 Å². The van der Waals surface area contributed by atoms with Crippen molar-refractivity contribution in [2.24, 2.45) is 5.73 Å². The summed E-state index contributed by atoms with van der Waals surface area (Å²) in [5.41, 5.74) is 6.87. The maximum Gasteiger partial charge on any atom is 0.224 e. The Labute approximate surface area is 134 Å². The van der Waals surface area contributed by atoms with Crippen molar-refractivity contribution in [1.82, 2.24) is 0 Å². The summed E-state index contributed by atoms with van der Waals surface area (Å²) < 4.78 is 14.0. The Bertz CT molecular complexity index is 687. The van der Waals surface area contributed by atoms with Gasteiger partial charge in [-0.05, 0) is 30.0 Å². The van der Waals surface area contributed by atoms with Gasteiger partial charge in [-0.15, -0.1) is 0 Å². The third kappa shape index (κ3) is 5.21. The topological polar surface area (TPSA) is 72.2 Å². The van der Waals surface area contributed by atoms with Gasteiger partial charge in [0.1, 0.15) is 5.82 Å². The van der Waals surface area contributed by atoms with Gasteiger partial charge in [-0.1, -0.05) is 42.5 Å². The smallest absolute Gasteiger partial charge is 0.224 e. The van der Waals surface area contributed by atoms with E-state index in [1.54, 1.807) is 12.1 Å². The Balaban J connectivity index is 2.00. The molecule has 5 heteroatoms. The fourth-order valence-electron chi connectivity index (χ4n) is 2.28. The quantitative estimate of drug-likeness (QED) is 0.825. The highest BCUT2D eigenvalue weighted by Gasteiger charge is 2.12. The number of amides is 2. The van der Waals surface area contributed by atoms with Gasteiger partial charge < -0.3 is 11.1 Å². The third-order valence-electron chi connectivity index (χ3n) is 3.49. The van der Waals surface area contributed by atoms with Gasteiger partial charge in [-0.25, -0.2) is 4.39 Å². The molecule has 0 spiro atoms. The highest BCUT2D eigenvalue weighted by atomic mass is 19.1. The molecule has 0 aliphatic rings. The van der Waals surface area contributed by atoms with E-state index < -0.39 is 11.7 Å². The molecule has 0 saturated heterocycles. The van der Waals surface area contributed by atoms with Crippen LogP contribution in [-0.2, 0) is 22.4 Å². The van der Waals surface area contributed by atoms with Crippen LogP contribution in [0.15, 0.2) is 48.5 Å². The van der Waals surface area contributed by atoms with Crippen LogP contribution >= 0.6 is 0 Å². The Morgan fingerprint density at radius 1 is 0.957 bits per heavy atom. The number of nitrogens with two attached hydrogens (primary N) is 1. The van der Waals surface area contributed by atoms with Crippen molar-refractivity contribution < 1.29 is 14.0 Å². The summed E-state index contributed by atoms with van der Waals surface area (Å²) >= 11 is 0. The Hall–Kier alpha value is -2.69. The monoisotopic (exact) mass is 314 g/mol. The Morgan fingerprint density at radius 2 is 1.70 bits per heavy atom. The number of halogens is 1. The first-order chi connectivity index (χ1) is 11.1. The van der Waals surface area contributed by atoms with Gasteiger partial charge in [0, 0.05) is 12.8 Å². The molecule has 0 aromatic heterocycles. The van der Waals surface area contributed by atoms with Gasteiger partial charge in [-0.2, -0.15) is 0 Å². The number of rotatable bonds is 7. The molecular formula is C18H19FN2O2. The molecule has 0 aliphatic carbocycles. The normalized spacial score (nSPS) is 10.3. The zero-order valence-electron chi connectivity index (χ0n) is 12.7. The van der Waals surface area contributed by atoms with Crippen molar-refractivity contribution in [3.8, 4) is 0 Å². The summed E-state index contributed by atoms with van der Waals surface area (Å²) in [4.78, 5) is 23.0. The number of aryl methyl sites for hydroxylation is 2. The van der Waals surface area contributed by atoms with Crippen molar-refractivity contribution >= 4 is 17.5 Å². The summed E-state index contributed by atoms with van der Waals surface area (Å²) in [5.74, 6) is -1.24. The molecule has 2 amide bonds. The molecule has 0 aliphatic heterocycles. The first-order valence-electron chi connectivity index (χ1n) is 7.45.